The van der Waals surface area contributed by atoms with Crippen molar-refractivity contribution >= 4 is 21.2 Å². The first-order valence-electron chi connectivity index (χ1n) is 8.32. The Morgan fingerprint density at radius 2 is 2.00 bits per heavy atom. The van der Waals surface area contributed by atoms with Crippen LogP contribution < -0.4 is 5.32 Å². The molecular formula is C17H28FN2O2P. The van der Waals surface area contributed by atoms with E-state index in [1.165, 1.54) is 6.42 Å². The molecule has 130 valence electrons. The second kappa shape index (κ2) is 8.58. The van der Waals surface area contributed by atoms with Gasteiger partial charge in [0.25, 0.3) is 0 Å². The highest BCUT2D eigenvalue weighted by Gasteiger charge is 2.53. The zero-order valence-corrected chi connectivity index (χ0v) is 15.8. The number of cyclic esters (lactones) is 1. The lowest BCUT2D eigenvalue weighted by Crippen LogP contribution is -2.37. The summed E-state index contributed by atoms with van der Waals surface area (Å²) in [7, 11) is 2.22. The molecule has 1 aliphatic heterocycles. The molecule has 1 saturated carbocycles. The number of hydrogen-bond donors (Lipinski definition) is 1. The number of fused-ring (bicyclic) bond motifs is 1. The molecule has 1 amide bonds. The summed E-state index contributed by atoms with van der Waals surface area (Å²) in [6, 6.07) is 1.79. The molecule has 1 fully saturated rings. The molecule has 23 heavy (non-hydrogen) atoms. The number of nitrogens with one attached hydrogen (secondary N) is 1. The molecule has 4 nitrogen and oxygen atoms in total. The van der Waals surface area contributed by atoms with Gasteiger partial charge in [-0.2, -0.15) is 0 Å². The molecule has 3 atom stereocenters. The fourth-order valence-electron chi connectivity index (χ4n) is 2.34. The van der Waals surface area contributed by atoms with E-state index < -0.39 is 17.6 Å². The number of rotatable bonds is 2. The highest BCUT2D eigenvalue weighted by molar-refractivity contribution is 7.18. The van der Waals surface area contributed by atoms with Crippen molar-refractivity contribution in [3.63, 3.8) is 0 Å². The Balaban J connectivity index is 0.000000477. The number of pyridine rings is 1. The van der Waals surface area contributed by atoms with Gasteiger partial charge in [0.15, 0.2) is 11.5 Å². The van der Waals surface area contributed by atoms with Crippen LogP contribution in [0.2, 0.25) is 0 Å². The van der Waals surface area contributed by atoms with E-state index in [1.54, 1.807) is 12.3 Å². The Kier molecular flexibility index (Phi) is 7.40. The van der Waals surface area contributed by atoms with E-state index in [4.69, 9.17) is 4.74 Å². The van der Waals surface area contributed by atoms with Crippen LogP contribution in [0.1, 0.15) is 64.2 Å². The number of hydrogen-bond acceptors (Lipinski definition) is 3. The maximum absolute atomic E-state index is 14.8. The van der Waals surface area contributed by atoms with Crippen molar-refractivity contribution in [2.75, 3.05) is 5.32 Å². The molecule has 3 rings (SSSR count). The summed E-state index contributed by atoms with van der Waals surface area (Å²) in [6.07, 6.45) is 2.96. The number of aromatic nitrogens is 1. The Morgan fingerprint density at radius 3 is 2.52 bits per heavy atom. The maximum Gasteiger partial charge on any atom is 0.413 e. The van der Waals surface area contributed by atoms with Crippen molar-refractivity contribution < 1.29 is 13.9 Å². The summed E-state index contributed by atoms with van der Waals surface area (Å²) in [5, 5.41) is 0.903. The first kappa shape index (κ1) is 19.8. The Morgan fingerprint density at radius 1 is 1.43 bits per heavy atom. The highest BCUT2D eigenvalue weighted by atomic mass is 31.0. The number of nitrogens with zero attached hydrogens (tertiary/aromatic N) is 1. The predicted octanol–water partition coefficient (Wildman–Crippen LogP) is 5.39. The van der Waals surface area contributed by atoms with E-state index in [-0.39, 0.29) is 5.92 Å². The summed E-state index contributed by atoms with van der Waals surface area (Å²) < 4.78 is 20.0. The molecule has 1 aromatic heterocycles. The first-order valence-corrected chi connectivity index (χ1v) is 8.90. The zero-order valence-electron chi connectivity index (χ0n) is 14.6. The molecule has 1 aromatic rings. The number of ether oxygens (including phenoxy) is 1. The zero-order chi connectivity index (χ0) is 17.6. The summed E-state index contributed by atoms with van der Waals surface area (Å²) in [5.74, 6) is 0.340. The molecule has 0 aromatic carbocycles. The number of carbonyl (C=O) groups is 1. The van der Waals surface area contributed by atoms with Crippen molar-refractivity contribution in [1.82, 2.24) is 4.98 Å². The van der Waals surface area contributed by atoms with Gasteiger partial charge in [0.2, 0.25) is 0 Å². The van der Waals surface area contributed by atoms with Gasteiger partial charge in [-0.05, 0) is 31.4 Å². The van der Waals surface area contributed by atoms with E-state index in [2.05, 4.69) is 33.4 Å². The summed E-state index contributed by atoms with van der Waals surface area (Å²) in [5.41, 5.74) is 1.51. The van der Waals surface area contributed by atoms with Crippen LogP contribution in [-0.4, -0.2) is 16.5 Å². The van der Waals surface area contributed by atoms with Crippen LogP contribution in [0.5, 0.6) is 0 Å². The third kappa shape index (κ3) is 4.63. The Hall–Kier alpha value is -1.22. The van der Waals surface area contributed by atoms with Gasteiger partial charge < -0.3 is 4.74 Å². The molecule has 0 bridgehead atoms. The third-order valence-corrected chi connectivity index (χ3v) is 4.29. The van der Waals surface area contributed by atoms with Crippen molar-refractivity contribution in [3.05, 3.63) is 23.4 Å². The number of carbonyl (C=O) groups excluding carboxylic acids is 1. The van der Waals surface area contributed by atoms with E-state index in [9.17, 15) is 9.18 Å². The van der Waals surface area contributed by atoms with Gasteiger partial charge in [-0.3, -0.25) is 5.32 Å². The number of alkyl halides is 1. The SMILES string of the molecule is CC.CCC.Cc1ccnc2c1C(C(F)(P)C1CC1)OC(=O)N2. The van der Waals surface area contributed by atoms with Crippen LogP contribution in [0.4, 0.5) is 15.0 Å². The molecule has 1 aliphatic carbocycles. The fourth-order valence-corrected chi connectivity index (χ4v) is 2.91. The van der Waals surface area contributed by atoms with Gasteiger partial charge in [0.05, 0.1) is 0 Å². The quantitative estimate of drug-likeness (QED) is 0.734. The molecule has 0 spiro atoms. The average Bonchev–Trinajstić information content (AvgIpc) is 3.34. The lowest BCUT2D eigenvalue weighted by Gasteiger charge is -2.34. The van der Waals surface area contributed by atoms with Crippen LogP contribution in [0, 0.1) is 12.8 Å². The van der Waals surface area contributed by atoms with Crippen LogP contribution in [0.15, 0.2) is 12.3 Å². The lowest BCUT2D eigenvalue weighted by molar-refractivity contribution is 0.0187. The monoisotopic (exact) mass is 342 g/mol. The Bertz CT molecular complexity index is 533. The van der Waals surface area contributed by atoms with E-state index in [0.29, 0.717) is 11.4 Å². The lowest BCUT2D eigenvalue weighted by atomic mass is 9.97. The minimum Gasteiger partial charge on any atom is -0.437 e. The minimum absolute atomic E-state index is 0.0640. The van der Waals surface area contributed by atoms with Crippen molar-refractivity contribution in [2.45, 2.75) is 65.4 Å². The van der Waals surface area contributed by atoms with E-state index >= 15 is 0 Å². The normalized spacial score (nSPS) is 21.2. The fraction of sp³-hybridized carbons (Fsp3) is 0.647. The average molecular weight is 342 g/mol. The summed E-state index contributed by atoms with van der Waals surface area (Å²) in [4.78, 5) is 15.6. The van der Waals surface area contributed by atoms with Gasteiger partial charge in [-0.25, -0.2) is 14.2 Å². The van der Waals surface area contributed by atoms with Crippen LogP contribution in [-0.2, 0) is 4.74 Å². The topological polar surface area (TPSA) is 51.2 Å². The molecule has 1 N–H and O–H groups in total. The van der Waals surface area contributed by atoms with Crippen molar-refractivity contribution in [2.24, 2.45) is 5.92 Å². The van der Waals surface area contributed by atoms with Crippen LogP contribution in [0.25, 0.3) is 0 Å². The minimum atomic E-state index is -1.61. The van der Waals surface area contributed by atoms with Crippen molar-refractivity contribution in [3.8, 4) is 0 Å². The number of halogens is 1. The summed E-state index contributed by atoms with van der Waals surface area (Å²) in [6.45, 7) is 10.1. The first-order chi connectivity index (χ1) is 10.9. The molecule has 0 saturated heterocycles. The third-order valence-electron chi connectivity index (χ3n) is 3.52. The molecule has 6 heteroatoms. The molecule has 2 aliphatic rings. The predicted molar refractivity (Wildman–Crippen MR) is 95.4 cm³/mol. The number of amides is 1. The number of anilines is 1. The number of aryl methyl sites for hydroxylation is 1. The maximum atomic E-state index is 14.8. The molecule has 2 heterocycles. The van der Waals surface area contributed by atoms with Gasteiger partial charge in [0, 0.05) is 17.7 Å². The van der Waals surface area contributed by atoms with Gasteiger partial charge >= 0.3 is 6.09 Å². The van der Waals surface area contributed by atoms with Crippen LogP contribution in [0.3, 0.4) is 0 Å². The van der Waals surface area contributed by atoms with Crippen LogP contribution >= 0.6 is 9.24 Å². The van der Waals surface area contributed by atoms with Gasteiger partial charge in [-0.15, -0.1) is 0 Å². The van der Waals surface area contributed by atoms with Crippen molar-refractivity contribution in [1.29, 1.82) is 0 Å². The van der Waals surface area contributed by atoms with Gasteiger partial charge in [0.1, 0.15) is 5.82 Å². The van der Waals surface area contributed by atoms with E-state index in [1.807, 2.05) is 20.8 Å². The molecule has 3 unspecified atom stereocenters. The molecular weight excluding hydrogens is 314 g/mol. The van der Waals surface area contributed by atoms with Gasteiger partial charge in [-0.1, -0.05) is 43.4 Å². The second-order valence-electron chi connectivity index (χ2n) is 5.61. The Labute approximate surface area is 140 Å². The largest absolute Gasteiger partial charge is 0.437 e. The van der Waals surface area contributed by atoms with E-state index in [0.717, 1.165) is 18.4 Å². The second-order valence-corrected chi connectivity index (χ2v) is 6.49. The smallest absolute Gasteiger partial charge is 0.413 e. The highest BCUT2D eigenvalue weighted by Crippen LogP contribution is 2.56. The summed E-state index contributed by atoms with van der Waals surface area (Å²) >= 11 is 0. The standard InChI is InChI=1S/C12H14FN2O2P.C3H8.C2H6/c1-6-4-5-14-10-8(6)9(17-11(16)15-10)12(13,18)7-2-3-7;1-3-2;1-2/h4-5,7,9H,2-3,18H2,1H3,(H,14,15,16);3H2,1-2H3;1-2H3. The molecule has 0 radical (unpaired) electrons.